The molecule has 0 fully saturated rings. The van der Waals surface area contributed by atoms with Gasteiger partial charge in [-0.1, -0.05) is 42.5 Å². The van der Waals surface area contributed by atoms with Gasteiger partial charge < -0.3 is 14.2 Å². The minimum absolute atomic E-state index is 0.152. The first-order valence-electron chi connectivity index (χ1n) is 10.7. The molecule has 0 unspecified atom stereocenters. The molecular weight excluding hydrogens is 543 g/mol. The SMILES string of the molecule is COCCOc1ccc(COc2ccc([S+](c3ccccc3)c3ccccc3)cc2)cc1I. The molecule has 0 amide bonds. The van der Waals surface area contributed by atoms with E-state index in [-0.39, 0.29) is 10.9 Å². The van der Waals surface area contributed by atoms with Gasteiger partial charge in [0.2, 0.25) is 0 Å². The Morgan fingerprint density at radius 1 is 0.667 bits per heavy atom. The van der Waals surface area contributed by atoms with Gasteiger partial charge in [0.1, 0.15) is 24.7 Å². The van der Waals surface area contributed by atoms with Crippen molar-refractivity contribution in [3.63, 3.8) is 0 Å². The highest BCUT2D eigenvalue weighted by Gasteiger charge is 2.28. The number of hydrogen-bond donors (Lipinski definition) is 0. The second-order valence-electron chi connectivity index (χ2n) is 7.30. The van der Waals surface area contributed by atoms with Crippen LogP contribution >= 0.6 is 22.6 Å². The van der Waals surface area contributed by atoms with Gasteiger partial charge in [0, 0.05) is 7.11 Å². The van der Waals surface area contributed by atoms with Crippen LogP contribution in [0.4, 0.5) is 0 Å². The van der Waals surface area contributed by atoms with Gasteiger partial charge in [-0.3, -0.25) is 0 Å². The van der Waals surface area contributed by atoms with Gasteiger partial charge in [-0.2, -0.15) is 0 Å². The fourth-order valence-electron chi connectivity index (χ4n) is 3.35. The van der Waals surface area contributed by atoms with E-state index in [0.717, 1.165) is 20.6 Å². The molecular formula is C28H26IO3S+. The van der Waals surface area contributed by atoms with Crippen molar-refractivity contribution in [2.24, 2.45) is 0 Å². The van der Waals surface area contributed by atoms with Crippen molar-refractivity contribution in [3.8, 4) is 11.5 Å². The Morgan fingerprint density at radius 3 is 1.85 bits per heavy atom. The van der Waals surface area contributed by atoms with E-state index in [1.54, 1.807) is 7.11 Å². The maximum absolute atomic E-state index is 6.07. The Morgan fingerprint density at radius 2 is 1.27 bits per heavy atom. The van der Waals surface area contributed by atoms with Crippen molar-refractivity contribution in [2.75, 3.05) is 20.3 Å². The summed E-state index contributed by atoms with van der Waals surface area (Å²) in [5.74, 6) is 1.73. The molecule has 0 heterocycles. The van der Waals surface area contributed by atoms with Crippen molar-refractivity contribution in [2.45, 2.75) is 21.3 Å². The summed E-state index contributed by atoms with van der Waals surface area (Å²) in [7, 11) is 1.52. The molecule has 33 heavy (non-hydrogen) atoms. The molecule has 0 aliphatic rings. The van der Waals surface area contributed by atoms with Crippen molar-refractivity contribution in [3.05, 3.63) is 112 Å². The third-order valence-corrected chi connectivity index (χ3v) is 8.04. The van der Waals surface area contributed by atoms with E-state index in [1.807, 2.05) is 12.1 Å². The number of halogens is 1. The average Bonchev–Trinajstić information content (AvgIpc) is 2.86. The monoisotopic (exact) mass is 569 g/mol. The molecule has 4 aromatic carbocycles. The molecule has 0 radical (unpaired) electrons. The molecule has 0 aliphatic carbocycles. The van der Waals surface area contributed by atoms with Gasteiger partial charge in [0.05, 0.1) is 21.1 Å². The number of rotatable bonds is 10. The Hall–Kier alpha value is -2.48. The van der Waals surface area contributed by atoms with Gasteiger partial charge in [-0.05, 0) is 88.8 Å². The summed E-state index contributed by atoms with van der Waals surface area (Å²) >= 11 is 2.29. The highest BCUT2D eigenvalue weighted by Crippen LogP contribution is 2.32. The number of methoxy groups -OCH3 is 1. The first-order valence-corrected chi connectivity index (χ1v) is 13.0. The Labute approximate surface area is 212 Å². The zero-order valence-corrected chi connectivity index (χ0v) is 21.4. The summed E-state index contributed by atoms with van der Waals surface area (Å²) in [6.45, 7) is 1.63. The molecule has 4 aromatic rings. The molecule has 5 heteroatoms. The van der Waals surface area contributed by atoms with Crippen LogP contribution in [0.3, 0.4) is 0 Å². The van der Waals surface area contributed by atoms with E-state index in [1.165, 1.54) is 14.7 Å². The largest absolute Gasteiger partial charge is 0.490 e. The molecule has 0 bridgehead atoms. The first kappa shape index (κ1) is 23.7. The first-order chi connectivity index (χ1) is 16.2. The number of hydrogen-bond acceptors (Lipinski definition) is 3. The highest BCUT2D eigenvalue weighted by atomic mass is 127. The second-order valence-corrected chi connectivity index (χ2v) is 10.5. The molecule has 0 N–H and O–H groups in total. The molecule has 4 rings (SSSR count). The van der Waals surface area contributed by atoms with E-state index in [9.17, 15) is 0 Å². The highest BCUT2D eigenvalue weighted by molar-refractivity contribution is 14.1. The van der Waals surface area contributed by atoms with E-state index in [4.69, 9.17) is 14.2 Å². The fraction of sp³-hybridized carbons (Fsp3) is 0.143. The summed E-state index contributed by atoms with van der Waals surface area (Å²) in [5, 5.41) is 0. The minimum Gasteiger partial charge on any atom is -0.490 e. The summed E-state index contributed by atoms with van der Waals surface area (Å²) in [6.07, 6.45) is 0. The standard InChI is InChI=1S/C28H26IO3S/c1-30-18-19-31-28-17-12-22(20-27(28)29)21-32-23-13-15-26(16-14-23)33(24-8-4-2-5-9-24)25-10-6-3-7-11-25/h2-17,20H,18-19,21H2,1H3/q+1. The lowest BCUT2D eigenvalue weighted by molar-refractivity contribution is 0.146. The molecule has 168 valence electrons. The van der Waals surface area contributed by atoms with Crippen LogP contribution in [-0.4, -0.2) is 20.3 Å². The van der Waals surface area contributed by atoms with Gasteiger partial charge in [-0.25, -0.2) is 0 Å². The quantitative estimate of drug-likeness (QED) is 0.117. The van der Waals surface area contributed by atoms with E-state index in [0.29, 0.717) is 19.8 Å². The van der Waals surface area contributed by atoms with Crippen molar-refractivity contribution in [1.82, 2.24) is 0 Å². The summed E-state index contributed by atoms with van der Waals surface area (Å²) in [5.41, 5.74) is 1.11. The Balaban J connectivity index is 1.45. The predicted molar refractivity (Wildman–Crippen MR) is 142 cm³/mol. The van der Waals surface area contributed by atoms with Crippen molar-refractivity contribution in [1.29, 1.82) is 0 Å². The molecule has 0 aromatic heterocycles. The zero-order valence-electron chi connectivity index (χ0n) is 18.4. The topological polar surface area (TPSA) is 27.7 Å². The summed E-state index contributed by atoms with van der Waals surface area (Å²) in [6, 6.07) is 35.9. The number of ether oxygens (including phenoxy) is 3. The lowest BCUT2D eigenvalue weighted by Crippen LogP contribution is -2.06. The lowest BCUT2D eigenvalue weighted by atomic mass is 10.2. The average molecular weight is 569 g/mol. The van der Waals surface area contributed by atoms with E-state index in [2.05, 4.69) is 114 Å². The molecule has 0 aliphatic heterocycles. The van der Waals surface area contributed by atoms with Gasteiger partial charge >= 0.3 is 0 Å². The van der Waals surface area contributed by atoms with E-state index < -0.39 is 0 Å². The Bertz CT molecular complexity index is 1100. The zero-order chi connectivity index (χ0) is 22.9. The van der Waals surface area contributed by atoms with Crippen LogP contribution in [0.1, 0.15) is 5.56 Å². The van der Waals surface area contributed by atoms with Crippen LogP contribution in [0, 0.1) is 3.57 Å². The van der Waals surface area contributed by atoms with Crippen molar-refractivity contribution < 1.29 is 14.2 Å². The maximum Gasteiger partial charge on any atom is 0.166 e. The molecule has 3 nitrogen and oxygen atoms in total. The molecule has 0 atom stereocenters. The molecule has 0 saturated heterocycles. The molecule has 0 saturated carbocycles. The molecule has 0 spiro atoms. The van der Waals surface area contributed by atoms with Crippen molar-refractivity contribution >= 4 is 33.5 Å². The second kappa shape index (κ2) is 12.1. The normalized spacial score (nSPS) is 10.9. The number of benzene rings is 4. The predicted octanol–water partition coefficient (Wildman–Crippen LogP) is 6.99. The lowest BCUT2D eigenvalue weighted by Gasteiger charge is -2.11. The van der Waals surface area contributed by atoms with Crippen LogP contribution in [0.15, 0.2) is 118 Å². The van der Waals surface area contributed by atoms with Crippen LogP contribution in [0.2, 0.25) is 0 Å². The fourth-order valence-corrected chi connectivity index (χ4v) is 6.16. The van der Waals surface area contributed by atoms with Crippen LogP contribution in [0.5, 0.6) is 11.5 Å². The van der Waals surface area contributed by atoms with Gasteiger partial charge in [0.15, 0.2) is 14.7 Å². The maximum atomic E-state index is 6.07. The van der Waals surface area contributed by atoms with Gasteiger partial charge in [0.25, 0.3) is 0 Å². The third kappa shape index (κ3) is 6.53. The van der Waals surface area contributed by atoms with Crippen LogP contribution < -0.4 is 9.47 Å². The van der Waals surface area contributed by atoms with Gasteiger partial charge in [-0.15, -0.1) is 0 Å². The van der Waals surface area contributed by atoms with Crippen LogP contribution in [0.25, 0.3) is 0 Å². The minimum atomic E-state index is -0.152. The third-order valence-electron chi connectivity index (χ3n) is 4.96. The van der Waals surface area contributed by atoms with Crippen LogP contribution in [-0.2, 0) is 22.2 Å². The smallest absolute Gasteiger partial charge is 0.166 e. The summed E-state index contributed by atoms with van der Waals surface area (Å²) in [4.78, 5) is 3.88. The summed E-state index contributed by atoms with van der Waals surface area (Å²) < 4.78 is 17.9. The Kier molecular flexibility index (Phi) is 8.69. The van der Waals surface area contributed by atoms with E-state index >= 15 is 0 Å².